The molecule has 1 aromatic carbocycles. The lowest BCUT2D eigenvalue weighted by atomic mass is 10.2. The number of anilines is 1. The van der Waals surface area contributed by atoms with Gasteiger partial charge < -0.3 is 10.1 Å². The lowest BCUT2D eigenvalue weighted by Gasteiger charge is -2.12. The molecule has 2 aromatic rings. The average molecular weight is 394 g/mol. The van der Waals surface area contributed by atoms with E-state index in [-0.39, 0.29) is 32.3 Å². The molecule has 0 radical (unpaired) electrons. The van der Waals surface area contributed by atoms with Crippen LogP contribution in [0.25, 0.3) is 0 Å². The molecule has 1 heterocycles. The third-order valence-corrected chi connectivity index (χ3v) is 3.90. The molecular formula is C14H11Cl2F2N3O2S. The van der Waals surface area contributed by atoms with Crippen molar-refractivity contribution in [2.24, 2.45) is 0 Å². The number of amides is 1. The summed E-state index contributed by atoms with van der Waals surface area (Å²) in [7, 11) is 0. The number of carbonyl (C=O) groups excluding carboxylic acids is 1. The van der Waals surface area contributed by atoms with E-state index in [0.717, 1.165) is 0 Å². The highest BCUT2D eigenvalue weighted by molar-refractivity contribution is 7.98. The second-order valence-corrected chi connectivity index (χ2v) is 5.92. The molecule has 24 heavy (non-hydrogen) atoms. The molecule has 0 spiro atoms. The van der Waals surface area contributed by atoms with Crippen molar-refractivity contribution in [2.75, 3.05) is 18.2 Å². The number of alkyl halides is 2. The standard InChI is InChI=1S/C14H11Cl2F2N3O2S/c1-24-14-19-5-7(13(21-14)23-6-10(17)18)12(22)20-11-8(15)3-2-4-9(11)16/h2-5,10H,6H2,1H3,(H,20,22). The highest BCUT2D eigenvalue weighted by Gasteiger charge is 2.19. The fourth-order valence-electron chi connectivity index (χ4n) is 1.66. The van der Waals surface area contributed by atoms with E-state index in [0.29, 0.717) is 0 Å². The predicted molar refractivity (Wildman–Crippen MR) is 89.7 cm³/mol. The van der Waals surface area contributed by atoms with Crippen molar-refractivity contribution in [1.29, 1.82) is 0 Å². The summed E-state index contributed by atoms with van der Waals surface area (Å²) < 4.78 is 29.7. The van der Waals surface area contributed by atoms with Gasteiger partial charge in [-0.1, -0.05) is 41.0 Å². The first kappa shape index (κ1) is 18.7. The van der Waals surface area contributed by atoms with Crippen LogP contribution >= 0.6 is 35.0 Å². The highest BCUT2D eigenvalue weighted by Crippen LogP contribution is 2.31. The number of carbonyl (C=O) groups is 1. The number of ether oxygens (including phenoxy) is 1. The summed E-state index contributed by atoms with van der Waals surface area (Å²) in [5.41, 5.74) is 0.0871. The number of aromatic nitrogens is 2. The number of hydrogen-bond acceptors (Lipinski definition) is 5. The van der Waals surface area contributed by atoms with Gasteiger partial charge in [0, 0.05) is 6.20 Å². The maximum Gasteiger partial charge on any atom is 0.272 e. The van der Waals surface area contributed by atoms with Crippen LogP contribution in [0.5, 0.6) is 5.88 Å². The molecule has 2 rings (SSSR count). The minimum atomic E-state index is -2.70. The molecule has 10 heteroatoms. The van der Waals surface area contributed by atoms with Crippen molar-refractivity contribution >= 4 is 46.6 Å². The molecule has 128 valence electrons. The summed E-state index contributed by atoms with van der Waals surface area (Å²) in [6.07, 6.45) is 0.196. The van der Waals surface area contributed by atoms with Gasteiger partial charge in [-0.3, -0.25) is 4.79 Å². The smallest absolute Gasteiger partial charge is 0.272 e. The van der Waals surface area contributed by atoms with Crippen LogP contribution in [0.3, 0.4) is 0 Å². The lowest BCUT2D eigenvalue weighted by molar-refractivity contribution is 0.0775. The first-order valence-corrected chi connectivity index (χ1v) is 8.47. The van der Waals surface area contributed by atoms with Gasteiger partial charge in [0.2, 0.25) is 5.88 Å². The molecule has 0 bridgehead atoms. The number of nitrogens with one attached hydrogen (secondary N) is 1. The molecule has 0 atom stereocenters. The van der Waals surface area contributed by atoms with Crippen LogP contribution in [0, 0.1) is 0 Å². The SMILES string of the molecule is CSc1ncc(C(=O)Nc2c(Cl)cccc2Cl)c(OCC(F)F)n1. The number of halogens is 4. The quantitative estimate of drug-likeness (QED) is 0.581. The van der Waals surface area contributed by atoms with Gasteiger partial charge in [0.15, 0.2) is 11.8 Å². The second-order valence-electron chi connectivity index (χ2n) is 4.33. The van der Waals surface area contributed by atoms with E-state index in [4.69, 9.17) is 27.9 Å². The maximum atomic E-state index is 12.4. The fourth-order valence-corrected chi connectivity index (χ4v) is 2.48. The van der Waals surface area contributed by atoms with E-state index in [1.54, 1.807) is 24.5 Å². The van der Waals surface area contributed by atoms with E-state index < -0.39 is 18.9 Å². The number of nitrogens with zero attached hydrogens (tertiary/aromatic N) is 2. The Hall–Kier alpha value is -1.64. The van der Waals surface area contributed by atoms with E-state index in [2.05, 4.69) is 15.3 Å². The first-order chi connectivity index (χ1) is 11.4. The summed E-state index contributed by atoms with van der Waals surface area (Å²) in [6.45, 7) is -0.891. The number of benzene rings is 1. The Morgan fingerprint density at radius 3 is 2.62 bits per heavy atom. The Kier molecular flexibility index (Phi) is 6.59. The van der Waals surface area contributed by atoms with Crippen LogP contribution in [-0.4, -0.2) is 35.2 Å². The van der Waals surface area contributed by atoms with Crippen molar-refractivity contribution < 1.29 is 18.3 Å². The third kappa shape index (κ3) is 4.68. The van der Waals surface area contributed by atoms with Crippen molar-refractivity contribution in [2.45, 2.75) is 11.6 Å². The van der Waals surface area contributed by atoms with Crippen molar-refractivity contribution in [1.82, 2.24) is 9.97 Å². The minimum Gasteiger partial charge on any atom is -0.471 e. The number of thioether (sulfide) groups is 1. The Bertz CT molecular complexity index is 730. The molecule has 0 fully saturated rings. The van der Waals surface area contributed by atoms with Crippen LogP contribution in [0.1, 0.15) is 10.4 Å². The Balaban J connectivity index is 2.30. The van der Waals surface area contributed by atoms with E-state index >= 15 is 0 Å². The predicted octanol–water partition coefficient (Wildman–Crippen LogP) is 4.40. The molecule has 0 aliphatic carbocycles. The van der Waals surface area contributed by atoms with Crippen LogP contribution in [0.15, 0.2) is 29.6 Å². The zero-order chi connectivity index (χ0) is 17.7. The van der Waals surface area contributed by atoms with E-state index in [1.807, 2.05) is 0 Å². The molecule has 1 amide bonds. The summed E-state index contributed by atoms with van der Waals surface area (Å²) >= 11 is 13.2. The Labute approximate surface area is 150 Å². The molecule has 5 nitrogen and oxygen atoms in total. The monoisotopic (exact) mass is 393 g/mol. The van der Waals surface area contributed by atoms with Crippen LogP contribution in [0.4, 0.5) is 14.5 Å². The van der Waals surface area contributed by atoms with E-state index in [1.165, 1.54) is 18.0 Å². The molecule has 0 aliphatic rings. The third-order valence-electron chi connectivity index (χ3n) is 2.71. The summed E-state index contributed by atoms with van der Waals surface area (Å²) in [6, 6.07) is 4.71. The van der Waals surface area contributed by atoms with E-state index in [9.17, 15) is 13.6 Å². The number of hydrogen-bond donors (Lipinski definition) is 1. The van der Waals surface area contributed by atoms with Crippen LogP contribution < -0.4 is 10.1 Å². The van der Waals surface area contributed by atoms with Crippen molar-refractivity contribution in [3.63, 3.8) is 0 Å². The minimum absolute atomic E-state index is 0.107. The van der Waals surface area contributed by atoms with Gasteiger partial charge >= 0.3 is 0 Å². The normalized spacial score (nSPS) is 10.8. The Morgan fingerprint density at radius 1 is 1.38 bits per heavy atom. The van der Waals surface area contributed by atoms with Gasteiger partial charge in [0.05, 0.1) is 15.7 Å². The van der Waals surface area contributed by atoms with Gasteiger partial charge in [-0.05, 0) is 18.4 Å². The van der Waals surface area contributed by atoms with Crippen molar-refractivity contribution in [3.8, 4) is 5.88 Å². The zero-order valence-electron chi connectivity index (χ0n) is 12.2. The molecule has 0 saturated carbocycles. The molecule has 0 aliphatic heterocycles. The van der Waals surface area contributed by atoms with Gasteiger partial charge in [0.25, 0.3) is 12.3 Å². The number of rotatable bonds is 6. The largest absolute Gasteiger partial charge is 0.471 e. The Morgan fingerprint density at radius 2 is 2.04 bits per heavy atom. The average Bonchev–Trinajstić information content (AvgIpc) is 2.56. The van der Waals surface area contributed by atoms with Gasteiger partial charge in [0.1, 0.15) is 5.56 Å². The van der Waals surface area contributed by atoms with Crippen LogP contribution in [-0.2, 0) is 0 Å². The maximum absolute atomic E-state index is 12.4. The molecule has 1 aromatic heterocycles. The number of para-hydroxylation sites is 1. The van der Waals surface area contributed by atoms with Gasteiger partial charge in [-0.2, -0.15) is 4.98 Å². The summed E-state index contributed by atoms with van der Waals surface area (Å²) in [5.74, 6) is -0.919. The van der Waals surface area contributed by atoms with Gasteiger partial charge in [-0.25, -0.2) is 13.8 Å². The van der Waals surface area contributed by atoms with Gasteiger partial charge in [-0.15, -0.1) is 0 Å². The summed E-state index contributed by atoms with van der Waals surface area (Å²) in [4.78, 5) is 20.3. The summed E-state index contributed by atoms with van der Waals surface area (Å²) in [5, 5.41) is 3.25. The second kappa shape index (κ2) is 8.46. The highest BCUT2D eigenvalue weighted by atomic mass is 35.5. The van der Waals surface area contributed by atoms with Crippen LogP contribution in [0.2, 0.25) is 10.0 Å². The first-order valence-electron chi connectivity index (χ1n) is 6.49. The topological polar surface area (TPSA) is 64.1 Å². The molecule has 1 N–H and O–H groups in total. The fraction of sp³-hybridized carbons (Fsp3) is 0.214. The van der Waals surface area contributed by atoms with Crippen molar-refractivity contribution in [3.05, 3.63) is 40.0 Å². The molecule has 0 unspecified atom stereocenters. The molecule has 0 saturated heterocycles. The molecular weight excluding hydrogens is 383 g/mol. The lowest BCUT2D eigenvalue weighted by Crippen LogP contribution is -2.17. The zero-order valence-corrected chi connectivity index (χ0v) is 14.6.